The molecule has 2 aromatic carbocycles. The number of hydrogen-bond donors (Lipinski definition) is 1. The Morgan fingerprint density at radius 3 is 2.45 bits per heavy atom. The molecule has 0 aliphatic heterocycles. The van der Waals surface area contributed by atoms with E-state index in [0.717, 1.165) is 16.9 Å². The fourth-order valence-corrected chi connectivity index (χ4v) is 2.42. The van der Waals surface area contributed by atoms with Gasteiger partial charge in [-0.15, -0.1) is 0 Å². The van der Waals surface area contributed by atoms with Gasteiger partial charge in [-0.25, -0.2) is 0 Å². The van der Waals surface area contributed by atoms with Crippen LogP contribution in [0.25, 0.3) is 0 Å². The standard InChI is InChI=1S/C18H19ClO3/c1-12(2)22-16-5-3-4-13(10-16)11-17(18(20)21)14-6-8-15(19)9-7-14/h3-10,12,17H,11H2,1-2H3,(H,20,21). The Labute approximate surface area is 135 Å². The molecule has 1 N–H and O–H groups in total. The third-order valence-corrected chi connectivity index (χ3v) is 3.53. The molecule has 1 unspecified atom stereocenters. The lowest BCUT2D eigenvalue weighted by molar-refractivity contribution is -0.138. The van der Waals surface area contributed by atoms with Gasteiger partial charge in [-0.05, 0) is 55.7 Å². The van der Waals surface area contributed by atoms with Crippen LogP contribution in [0, 0.1) is 0 Å². The third-order valence-electron chi connectivity index (χ3n) is 3.28. The van der Waals surface area contributed by atoms with Crippen molar-refractivity contribution in [3.8, 4) is 5.75 Å². The van der Waals surface area contributed by atoms with Gasteiger partial charge in [0, 0.05) is 5.02 Å². The quantitative estimate of drug-likeness (QED) is 0.850. The van der Waals surface area contributed by atoms with Gasteiger partial charge in [-0.2, -0.15) is 0 Å². The molecule has 0 aliphatic carbocycles. The van der Waals surface area contributed by atoms with Crippen LogP contribution < -0.4 is 4.74 Å². The molecule has 4 heteroatoms. The van der Waals surface area contributed by atoms with E-state index in [0.29, 0.717) is 11.4 Å². The topological polar surface area (TPSA) is 46.5 Å². The Kier molecular flexibility index (Phi) is 5.45. The van der Waals surface area contributed by atoms with Crippen molar-refractivity contribution in [3.63, 3.8) is 0 Å². The van der Waals surface area contributed by atoms with E-state index < -0.39 is 11.9 Å². The van der Waals surface area contributed by atoms with Gasteiger partial charge in [0.25, 0.3) is 0 Å². The molecule has 0 aliphatic rings. The number of halogens is 1. The highest BCUT2D eigenvalue weighted by atomic mass is 35.5. The summed E-state index contributed by atoms with van der Waals surface area (Å²) < 4.78 is 5.65. The van der Waals surface area contributed by atoms with E-state index in [4.69, 9.17) is 16.3 Å². The molecule has 2 rings (SSSR count). The molecule has 0 saturated heterocycles. The highest BCUT2D eigenvalue weighted by Crippen LogP contribution is 2.25. The van der Waals surface area contributed by atoms with Crippen molar-refractivity contribution in [1.29, 1.82) is 0 Å². The summed E-state index contributed by atoms with van der Waals surface area (Å²) in [6, 6.07) is 14.5. The summed E-state index contributed by atoms with van der Waals surface area (Å²) in [5.41, 5.74) is 1.67. The maximum atomic E-state index is 11.6. The zero-order chi connectivity index (χ0) is 16.1. The van der Waals surface area contributed by atoms with Crippen LogP contribution in [0.1, 0.15) is 30.9 Å². The van der Waals surface area contributed by atoms with Crippen LogP contribution in [0.5, 0.6) is 5.75 Å². The fourth-order valence-electron chi connectivity index (χ4n) is 2.30. The number of rotatable bonds is 6. The zero-order valence-electron chi connectivity index (χ0n) is 12.6. The van der Waals surface area contributed by atoms with Crippen LogP contribution in [0.4, 0.5) is 0 Å². The summed E-state index contributed by atoms with van der Waals surface area (Å²) in [5, 5.41) is 10.1. The van der Waals surface area contributed by atoms with Crippen molar-refractivity contribution in [1.82, 2.24) is 0 Å². The zero-order valence-corrected chi connectivity index (χ0v) is 13.4. The molecule has 0 aromatic heterocycles. The van der Waals surface area contributed by atoms with Gasteiger partial charge >= 0.3 is 5.97 Å². The molecule has 3 nitrogen and oxygen atoms in total. The first-order valence-electron chi connectivity index (χ1n) is 7.19. The first kappa shape index (κ1) is 16.4. The van der Waals surface area contributed by atoms with Gasteiger partial charge in [0.2, 0.25) is 0 Å². The van der Waals surface area contributed by atoms with E-state index in [2.05, 4.69) is 0 Å². The average molecular weight is 319 g/mol. The number of aliphatic carboxylic acids is 1. The Morgan fingerprint density at radius 1 is 1.18 bits per heavy atom. The van der Waals surface area contributed by atoms with Crippen molar-refractivity contribution in [2.75, 3.05) is 0 Å². The molecule has 0 saturated carbocycles. The van der Waals surface area contributed by atoms with Crippen molar-refractivity contribution in [2.24, 2.45) is 0 Å². The number of hydrogen-bond acceptors (Lipinski definition) is 2. The van der Waals surface area contributed by atoms with Gasteiger partial charge in [0.15, 0.2) is 0 Å². The van der Waals surface area contributed by atoms with Gasteiger partial charge in [-0.3, -0.25) is 4.79 Å². The van der Waals surface area contributed by atoms with E-state index in [1.165, 1.54) is 0 Å². The number of benzene rings is 2. The van der Waals surface area contributed by atoms with E-state index >= 15 is 0 Å². The second-order valence-corrected chi connectivity index (χ2v) is 5.90. The Hall–Kier alpha value is -2.00. The third kappa shape index (κ3) is 4.50. The minimum atomic E-state index is -0.850. The average Bonchev–Trinajstić information content (AvgIpc) is 2.45. The summed E-state index contributed by atoms with van der Waals surface area (Å²) in [6.07, 6.45) is 0.494. The van der Waals surface area contributed by atoms with Gasteiger partial charge in [0.05, 0.1) is 12.0 Å². The molecular weight excluding hydrogens is 300 g/mol. The number of carbonyl (C=O) groups is 1. The smallest absolute Gasteiger partial charge is 0.311 e. The fraction of sp³-hybridized carbons (Fsp3) is 0.278. The van der Waals surface area contributed by atoms with Crippen LogP contribution in [-0.4, -0.2) is 17.2 Å². The first-order chi connectivity index (χ1) is 10.5. The van der Waals surface area contributed by atoms with E-state index in [1.54, 1.807) is 24.3 Å². The van der Waals surface area contributed by atoms with E-state index in [9.17, 15) is 9.90 Å². The number of carboxylic acids is 1. The van der Waals surface area contributed by atoms with Crippen LogP contribution >= 0.6 is 11.6 Å². The molecule has 0 amide bonds. The molecule has 0 radical (unpaired) electrons. The molecule has 116 valence electrons. The number of carboxylic acid groups (broad SMARTS) is 1. The summed E-state index contributed by atoms with van der Waals surface area (Å²) >= 11 is 5.86. The summed E-state index contributed by atoms with van der Waals surface area (Å²) in [4.78, 5) is 11.6. The minimum Gasteiger partial charge on any atom is -0.491 e. The van der Waals surface area contributed by atoms with Gasteiger partial charge in [0.1, 0.15) is 5.75 Å². The maximum Gasteiger partial charge on any atom is 0.311 e. The molecule has 0 spiro atoms. The molecule has 1 atom stereocenters. The van der Waals surface area contributed by atoms with Crippen LogP contribution in [-0.2, 0) is 11.2 Å². The molecule has 22 heavy (non-hydrogen) atoms. The van der Waals surface area contributed by atoms with Crippen molar-refractivity contribution in [2.45, 2.75) is 32.3 Å². The molecular formula is C18H19ClO3. The monoisotopic (exact) mass is 318 g/mol. The van der Waals surface area contributed by atoms with Crippen molar-refractivity contribution in [3.05, 3.63) is 64.7 Å². The number of ether oxygens (including phenoxy) is 1. The highest BCUT2D eigenvalue weighted by molar-refractivity contribution is 6.30. The highest BCUT2D eigenvalue weighted by Gasteiger charge is 2.20. The SMILES string of the molecule is CC(C)Oc1cccc(CC(C(=O)O)c2ccc(Cl)cc2)c1. The largest absolute Gasteiger partial charge is 0.491 e. The lowest BCUT2D eigenvalue weighted by Crippen LogP contribution is -2.14. The first-order valence-corrected chi connectivity index (χ1v) is 7.57. The van der Waals surface area contributed by atoms with Crippen LogP contribution in [0.3, 0.4) is 0 Å². The molecule has 0 fully saturated rings. The lowest BCUT2D eigenvalue weighted by atomic mass is 9.92. The second kappa shape index (κ2) is 7.32. The second-order valence-electron chi connectivity index (χ2n) is 5.46. The van der Waals surface area contributed by atoms with Gasteiger partial charge < -0.3 is 9.84 Å². The van der Waals surface area contributed by atoms with Crippen LogP contribution in [0.15, 0.2) is 48.5 Å². The lowest BCUT2D eigenvalue weighted by Gasteiger charge is -2.15. The maximum absolute atomic E-state index is 11.6. The molecule has 0 heterocycles. The Bertz CT molecular complexity index is 635. The summed E-state index contributed by atoms with van der Waals surface area (Å²) in [5.74, 6) is -0.697. The summed E-state index contributed by atoms with van der Waals surface area (Å²) in [6.45, 7) is 3.92. The van der Waals surface area contributed by atoms with E-state index in [1.807, 2.05) is 38.1 Å². The molecule has 2 aromatic rings. The van der Waals surface area contributed by atoms with Crippen molar-refractivity contribution < 1.29 is 14.6 Å². The Balaban J connectivity index is 2.21. The van der Waals surface area contributed by atoms with E-state index in [-0.39, 0.29) is 6.10 Å². The molecule has 0 bridgehead atoms. The summed E-state index contributed by atoms with van der Waals surface area (Å²) in [7, 11) is 0. The normalized spacial score (nSPS) is 12.2. The van der Waals surface area contributed by atoms with Crippen LogP contribution in [0.2, 0.25) is 5.02 Å². The minimum absolute atomic E-state index is 0.0850. The van der Waals surface area contributed by atoms with Crippen molar-refractivity contribution >= 4 is 17.6 Å². The van der Waals surface area contributed by atoms with Gasteiger partial charge in [-0.1, -0.05) is 35.9 Å². The Morgan fingerprint density at radius 2 is 1.86 bits per heavy atom. The predicted molar refractivity (Wildman–Crippen MR) is 87.7 cm³/mol. The predicted octanol–water partition coefficient (Wildman–Crippen LogP) is 4.54.